The maximum Gasteiger partial charge on any atom is 0.321 e. The van der Waals surface area contributed by atoms with E-state index in [1.54, 1.807) is 26.4 Å². The van der Waals surface area contributed by atoms with Gasteiger partial charge in [-0.25, -0.2) is 4.79 Å². The first kappa shape index (κ1) is 20.9. The fourth-order valence-corrected chi connectivity index (χ4v) is 2.93. The smallest absolute Gasteiger partial charge is 0.321 e. The standard InChI is InChI=1S/C24H24N2O4/c1-29-21-11-3-17(4-12-21)15-16-25-24(28)26-23(27)20-7-5-18(6-8-20)19-9-13-22(30-2)14-10-19/h3-14H,15-16H2,1-2H3,(H2,25,26,27,28). The topological polar surface area (TPSA) is 76.7 Å². The van der Waals surface area contributed by atoms with Gasteiger partial charge in [-0.15, -0.1) is 0 Å². The van der Waals surface area contributed by atoms with E-state index in [1.165, 1.54) is 0 Å². The number of hydrogen-bond acceptors (Lipinski definition) is 4. The normalized spacial score (nSPS) is 10.2. The van der Waals surface area contributed by atoms with E-state index in [-0.39, 0.29) is 0 Å². The first-order valence-electron chi connectivity index (χ1n) is 9.55. The third-order valence-corrected chi connectivity index (χ3v) is 4.66. The van der Waals surface area contributed by atoms with E-state index in [0.717, 1.165) is 28.2 Å². The summed E-state index contributed by atoms with van der Waals surface area (Å²) < 4.78 is 10.3. The van der Waals surface area contributed by atoms with Crippen LogP contribution in [0.2, 0.25) is 0 Å². The molecule has 0 atom stereocenters. The van der Waals surface area contributed by atoms with E-state index in [9.17, 15) is 9.59 Å². The average Bonchev–Trinajstić information content (AvgIpc) is 2.79. The highest BCUT2D eigenvalue weighted by Crippen LogP contribution is 2.22. The molecule has 0 spiro atoms. The zero-order valence-corrected chi connectivity index (χ0v) is 17.0. The zero-order valence-electron chi connectivity index (χ0n) is 17.0. The van der Waals surface area contributed by atoms with Gasteiger partial charge < -0.3 is 14.8 Å². The second kappa shape index (κ2) is 10.1. The van der Waals surface area contributed by atoms with Gasteiger partial charge in [0.15, 0.2) is 0 Å². The van der Waals surface area contributed by atoms with E-state index in [0.29, 0.717) is 18.5 Å². The highest BCUT2D eigenvalue weighted by molar-refractivity contribution is 6.04. The molecule has 0 aliphatic rings. The first-order chi connectivity index (χ1) is 14.6. The molecular formula is C24H24N2O4. The number of carbonyl (C=O) groups is 2. The van der Waals surface area contributed by atoms with E-state index >= 15 is 0 Å². The Morgan fingerprint density at radius 2 is 1.23 bits per heavy atom. The molecule has 0 bridgehead atoms. The van der Waals surface area contributed by atoms with Gasteiger partial charge in [0.2, 0.25) is 0 Å². The fraction of sp³-hybridized carbons (Fsp3) is 0.167. The Kier molecular flexibility index (Phi) is 7.05. The minimum Gasteiger partial charge on any atom is -0.497 e. The van der Waals surface area contributed by atoms with E-state index in [2.05, 4.69) is 10.6 Å². The summed E-state index contributed by atoms with van der Waals surface area (Å²) in [6.45, 7) is 0.419. The van der Waals surface area contributed by atoms with Crippen molar-refractivity contribution in [3.63, 3.8) is 0 Å². The monoisotopic (exact) mass is 404 g/mol. The lowest BCUT2D eigenvalue weighted by molar-refractivity contribution is 0.0964. The maximum atomic E-state index is 12.3. The average molecular weight is 404 g/mol. The molecule has 3 aromatic rings. The van der Waals surface area contributed by atoms with Gasteiger partial charge >= 0.3 is 6.03 Å². The summed E-state index contributed by atoms with van der Waals surface area (Å²) in [6, 6.07) is 21.8. The van der Waals surface area contributed by atoms with Gasteiger partial charge in [0, 0.05) is 12.1 Å². The fourth-order valence-electron chi connectivity index (χ4n) is 2.93. The Morgan fingerprint density at radius 1 is 0.733 bits per heavy atom. The third kappa shape index (κ3) is 5.61. The minimum absolute atomic E-state index is 0.414. The van der Waals surface area contributed by atoms with Crippen molar-refractivity contribution in [2.75, 3.05) is 20.8 Å². The lowest BCUT2D eigenvalue weighted by atomic mass is 10.0. The van der Waals surface area contributed by atoms with Crippen LogP contribution in [0.4, 0.5) is 4.79 Å². The number of benzene rings is 3. The van der Waals surface area contributed by atoms with Crippen molar-refractivity contribution >= 4 is 11.9 Å². The van der Waals surface area contributed by atoms with Crippen molar-refractivity contribution in [1.29, 1.82) is 0 Å². The molecule has 0 aliphatic heterocycles. The summed E-state index contributed by atoms with van der Waals surface area (Å²) in [5, 5.41) is 5.04. The number of carbonyl (C=O) groups excluding carboxylic acids is 2. The molecule has 0 saturated heterocycles. The Hall–Kier alpha value is -3.80. The van der Waals surface area contributed by atoms with Gasteiger partial charge in [0.1, 0.15) is 11.5 Å². The highest BCUT2D eigenvalue weighted by Gasteiger charge is 2.10. The summed E-state index contributed by atoms with van der Waals surface area (Å²) in [5.74, 6) is 1.12. The number of rotatable bonds is 7. The van der Waals surface area contributed by atoms with Crippen molar-refractivity contribution < 1.29 is 19.1 Å². The van der Waals surface area contributed by atoms with Gasteiger partial charge in [0.25, 0.3) is 5.91 Å². The predicted molar refractivity (Wildman–Crippen MR) is 116 cm³/mol. The molecule has 6 nitrogen and oxygen atoms in total. The lowest BCUT2D eigenvalue weighted by Crippen LogP contribution is -2.40. The molecule has 2 N–H and O–H groups in total. The lowest BCUT2D eigenvalue weighted by Gasteiger charge is -2.08. The second-order valence-corrected chi connectivity index (χ2v) is 6.61. The van der Waals surface area contributed by atoms with Crippen LogP contribution in [0, 0.1) is 0 Å². The molecule has 0 aliphatic carbocycles. The highest BCUT2D eigenvalue weighted by atomic mass is 16.5. The van der Waals surface area contributed by atoms with Gasteiger partial charge in [0.05, 0.1) is 14.2 Å². The van der Waals surface area contributed by atoms with Crippen LogP contribution in [0.25, 0.3) is 11.1 Å². The van der Waals surface area contributed by atoms with Crippen LogP contribution in [-0.2, 0) is 6.42 Å². The molecule has 0 heterocycles. The van der Waals surface area contributed by atoms with Crippen molar-refractivity contribution in [3.05, 3.63) is 83.9 Å². The SMILES string of the molecule is COc1ccc(CCNC(=O)NC(=O)c2ccc(-c3ccc(OC)cc3)cc2)cc1. The molecular weight excluding hydrogens is 380 g/mol. The zero-order chi connectivity index (χ0) is 21.3. The number of imide groups is 1. The van der Waals surface area contributed by atoms with Gasteiger partial charge in [-0.3, -0.25) is 10.1 Å². The number of hydrogen-bond donors (Lipinski definition) is 2. The molecule has 0 radical (unpaired) electrons. The summed E-state index contributed by atoms with van der Waals surface area (Å²) in [5.41, 5.74) is 3.46. The van der Waals surface area contributed by atoms with E-state index in [4.69, 9.17) is 9.47 Å². The number of urea groups is 1. The molecule has 0 saturated carbocycles. The predicted octanol–water partition coefficient (Wildman–Crippen LogP) is 4.05. The summed E-state index contributed by atoms with van der Waals surface area (Å²) in [4.78, 5) is 24.3. The van der Waals surface area contributed by atoms with Gasteiger partial charge in [-0.1, -0.05) is 36.4 Å². The van der Waals surface area contributed by atoms with Crippen LogP contribution in [0.3, 0.4) is 0 Å². The molecule has 30 heavy (non-hydrogen) atoms. The van der Waals surface area contributed by atoms with Crippen LogP contribution in [0.5, 0.6) is 11.5 Å². The van der Waals surface area contributed by atoms with Gasteiger partial charge in [-0.05, 0) is 59.5 Å². The van der Waals surface area contributed by atoms with Gasteiger partial charge in [-0.2, -0.15) is 0 Å². The molecule has 0 aromatic heterocycles. The molecule has 154 valence electrons. The largest absolute Gasteiger partial charge is 0.497 e. The number of nitrogens with one attached hydrogen (secondary N) is 2. The second-order valence-electron chi connectivity index (χ2n) is 6.61. The first-order valence-corrected chi connectivity index (χ1v) is 9.55. The number of methoxy groups -OCH3 is 2. The minimum atomic E-state index is -0.521. The van der Waals surface area contributed by atoms with Crippen LogP contribution in [0.15, 0.2) is 72.8 Å². The molecule has 3 rings (SSSR count). The van der Waals surface area contributed by atoms with Crippen molar-refractivity contribution in [1.82, 2.24) is 10.6 Å². The van der Waals surface area contributed by atoms with Crippen LogP contribution < -0.4 is 20.1 Å². The number of amides is 3. The number of ether oxygens (including phenoxy) is 2. The van der Waals surface area contributed by atoms with Crippen LogP contribution in [0.1, 0.15) is 15.9 Å². The van der Waals surface area contributed by atoms with E-state index < -0.39 is 11.9 Å². The molecule has 3 amide bonds. The third-order valence-electron chi connectivity index (χ3n) is 4.66. The molecule has 3 aromatic carbocycles. The molecule has 0 fully saturated rings. The molecule has 0 unspecified atom stereocenters. The Balaban J connectivity index is 1.48. The van der Waals surface area contributed by atoms with Crippen molar-refractivity contribution in [2.24, 2.45) is 0 Å². The van der Waals surface area contributed by atoms with Crippen molar-refractivity contribution in [3.8, 4) is 22.6 Å². The summed E-state index contributed by atoms with van der Waals surface area (Å²) >= 11 is 0. The van der Waals surface area contributed by atoms with Crippen LogP contribution in [-0.4, -0.2) is 32.7 Å². The Morgan fingerprint density at radius 3 is 1.77 bits per heavy atom. The van der Waals surface area contributed by atoms with Crippen molar-refractivity contribution in [2.45, 2.75) is 6.42 Å². The maximum absolute atomic E-state index is 12.3. The summed E-state index contributed by atoms with van der Waals surface area (Å²) in [7, 11) is 3.24. The quantitative estimate of drug-likeness (QED) is 0.623. The van der Waals surface area contributed by atoms with Crippen LogP contribution >= 0.6 is 0 Å². The summed E-state index contributed by atoms with van der Waals surface area (Å²) in [6.07, 6.45) is 0.655. The Labute approximate surface area is 175 Å². The Bertz CT molecular complexity index is 981. The van der Waals surface area contributed by atoms with E-state index in [1.807, 2.05) is 60.7 Å². The molecule has 6 heteroatoms.